The summed E-state index contributed by atoms with van der Waals surface area (Å²) in [6, 6.07) is 0.613. The van der Waals surface area contributed by atoms with Gasteiger partial charge < -0.3 is 5.32 Å². The highest BCUT2D eigenvalue weighted by atomic mass is 14.9. The van der Waals surface area contributed by atoms with Crippen LogP contribution in [-0.4, -0.2) is 13.1 Å². The molecule has 88 valence electrons. The molecule has 0 amide bonds. The molecule has 1 aliphatic carbocycles. The monoisotopic (exact) mass is 209 g/mol. The summed E-state index contributed by atoms with van der Waals surface area (Å²) in [6.07, 6.45) is 7.67. The summed E-state index contributed by atoms with van der Waals surface area (Å²) in [5.74, 6) is 0.761. The molecular weight excluding hydrogens is 182 g/mol. The lowest BCUT2D eigenvalue weighted by molar-refractivity contribution is 0.232. The maximum Gasteiger partial charge on any atom is 0.0279 e. The highest BCUT2D eigenvalue weighted by Crippen LogP contribution is 2.32. The van der Waals surface area contributed by atoms with Gasteiger partial charge in [0.15, 0.2) is 0 Å². The lowest BCUT2D eigenvalue weighted by Crippen LogP contribution is -2.32. The molecule has 0 aromatic carbocycles. The van der Waals surface area contributed by atoms with E-state index >= 15 is 0 Å². The molecule has 0 aliphatic heterocycles. The van der Waals surface area contributed by atoms with Crippen LogP contribution in [0.2, 0.25) is 0 Å². The van der Waals surface area contributed by atoms with Crippen LogP contribution in [0.15, 0.2) is 11.6 Å². The third-order valence-electron chi connectivity index (χ3n) is 3.94. The zero-order chi connectivity index (χ0) is 11.5. The minimum Gasteiger partial charge on any atom is -0.313 e. The highest BCUT2D eigenvalue weighted by Gasteiger charge is 2.25. The summed E-state index contributed by atoms with van der Waals surface area (Å²) < 4.78 is 0. The molecule has 15 heavy (non-hydrogen) atoms. The van der Waals surface area contributed by atoms with Gasteiger partial charge in [-0.15, -0.1) is 0 Å². The molecule has 1 nitrogen and oxygen atoms in total. The second kappa shape index (κ2) is 5.16. The van der Waals surface area contributed by atoms with Crippen molar-refractivity contribution in [2.45, 2.75) is 59.4 Å². The van der Waals surface area contributed by atoms with Crippen LogP contribution in [-0.2, 0) is 0 Å². The Morgan fingerprint density at radius 1 is 1.40 bits per heavy atom. The molecule has 0 aromatic heterocycles. The predicted molar refractivity (Wildman–Crippen MR) is 68.0 cm³/mol. The van der Waals surface area contributed by atoms with E-state index in [2.05, 4.69) is 46.1 Å². The van der Waals surface area contributed by atoms with Crippen molar-refractivity contribution in [3.8, 4) is 0 Å². The van der Waals surface area contributed by atoms with E-state index in [1.165, 1.54) is 25.7 Å². The standard InChI is InChI=1S/C14H27N/c1-11(14(2,3)4)10-13(15-5)12-8-6-7-9-12/h8,11,13,15H,6-7,9-10H2,1-5H3. The minimum atomic E-state index is 0.425. The van der Waals surface area contributed by atoms with Gasteiger partial charge in [0, 0.05) is 6.04 Å². The zero-order valence-corrected chi connectivity index (χ0v) is 11.1. The number of nitrogens with one attached hydrogen (secondary N) is 1. The molecule has 1 N–H and O–H groups in total. The molecule has 0 spiro atoms. The first kappa shape index (κ1) is 12.8. The zero-order valence-electron chi connectivity index (χ0n) is 11.1. The predicted octanol–water partition coefficient (Wildman–Crippen LogP) is 3.76. The van der Waals surface area contributed by atoms with Crippen molar-refractivity contribution in [2.24, 2.45) is 11.3 Å². The van der Waals surface area contributed by atoms with Gasteiger partial charge in [-0.05, 0) is 44.1 Å². The van der Waals surface area contributed by atoms with Crippen LogP contribution < -0.4 is 5.32 Å². The van der Waals surface area contributed by atoms with Crippen LogP contribution in [0.1, 0.15) is 53.4 Å². The first-order valence-electron chi connectivity index (χ1n) is 6.31. The van der Waals surface area contributed by atoms with Crippen molar-refractivity contribution in [3.05, 3.63) is 11.6 Å². The molecule has 0 radical (unpaired) electrons. The fourth-order valence-corrected chi connectivity index (χ4v) is 2.17. The Bertz CT molecular complexity index is 222. The van der Waals surface area contributed by atoms with Gasteiger partial charge in [0.2, 0.25) is 0 Å². The Morgan fingerprint density at radius 3 is 2.47 bits per heavy atom. The maximum atomic E-state index is 3.48. The molecule has 2 unspecified atom stereocenters. The molecule has 0 fully saturated rings. The largest absolute Gasteiger partial charge is 0.313 e. The fraction of sp³-hybridized carbons (Fsp3) is 0.857. The Balaban J connectivity index is 2.53. The van der Waals surface area contributed by atoms with E-state index in [1.54, 1.807) is 5.57 Å². The van der Waals surface area contributed by atoms with Crippen molar-refractivity contribution in [2.75, 3.05) is 7.05 Å². The lowest BCUT2D eigenvalue weighted by atomic mass is 9.77. The smallest absolute Gasteiger partial charge is 0.0279 e. The summed E-state index contributed by atoms with van der Waals surface area (Å²) in [4.78, 5) is 0. The van der Waals surface area contributed by atoms with Gasteiger partial charge in [-0.1, -0.05) is 39.3 Å². The first-order valence-corrected chi connectivity index (χ1v) is 6.31. The second-order valence-corrected chi connectivity index (χ2v) is 6.02. The molecular formula is C14H27N. The molecule has 0 bridgehead atoms. The molecule has 0 aromatic rings. The number of likely N-dealkylation sites (N-methyl/N-ethyl adjacent to an activating group) is 1. The van der Waals surface area contributed by atoms with Crippen LogP contribution in [0.3, 0.4) is 0 Å². The van der Waals surface area contributed by atoms with Gasteiger partial charge in [0.1, 0.15) is 0 Å². The lowest BCUT2D eigenvalue weighted by Gasteiger charge is -2.31. The van der Waals surface area contributed by atoms with Gasteiger partial charge in [-0.3, -0.25) is 0 Å². The van der Waals surface area contributed by atoms with E-state index in [-0.39, 0.29) is 0 Å². The number of allylic oxidation sites excluding steroid dienone is 1. The van der Waals surface area contributed by atoms with Gasteiger partial charge in [-0.25, -0.2) is 0 Å². The normalized spacial score (nSPS) is 21.3. The van der Waals surface area contributed by atoms with E-state index in [1.807, 2.05) is 0 Å². The van der Waals surface area contributed by atoms with Crippen LogP contribution in [0.5, 0.6) is 0 Å². The van der Waals surface area contributed by atoms with E-state index in [4.69, 9.17) is 0 Å². The second-order valence-electron chi connectivity index (χ2n) is 6.02. The summed E-state index contributed by atoms with van der Waals surface area (Å²) in [5, 5.41) is 3.48. The Kier molecular flexibility index (Phi) is 4.39. The SMILES string of the molecule is CNC(CC(C)C(C)(C)C)C1=CCCC1. The highest BCUT2D eigenvalue weighted by molar-refractivity contribution is 5.15. The number of hydrogen-bond donors (Lipinski definition) is 1. The molecule has 0 saturated carbocycles. The number of rotatable bonds is 4. The summed E-state index contributed by atoms with van der Waals surface area (Å²) in [6.45, 7) is 9.40. The Labute approximate surface area is 95.3 Å². The summed E-state index contributed by atoms with van der Waals surface area (Å²) in [7, 11) is 2.10. The van der Waals surface area contributed by atoms with Crippen LogP contribution in [0.4, 0.5) is 0 Å². The van der Waals surface area contributed by atoms with Crippen molar-refractivity contribution in [1.82, 2.24) is 5.32 Å². The van der Waals surface area contributed by atoms with E-state index in [0.29, 0.717) is 11.5 Å². The molecule has 2 atom stereocenters. The molecule has 0 heterocycles. The molecule has 1 heteroatoms. The average Bonchev–Trinajstić information content (AvgIpc) is 2.64. The summed E-state index contributed by atoms with van der Waals surface area (Å²) >= 11 is 0. The van der Waals surface area contributed by atoms with E-state index < -0.39 is 0 Å². The van der Waals surface area contributed by atoms with Gasteiger partial charge in [0.25, 0.3) is 0 Å². The quantitative estimate of drug-likeness (QED) is 0.695. The Morgan fingerprint density at radius 2 is 2.07 bits per heavy atom. The molecule has 0 saturated heterocycles. The van der Waals surface area contributed by atoms with E-state index in [0.717, 1.165) is 5.92 Å². The van der Waals surface area contributed by atoms with Crippen molar-refractivity contribution in [3.63, 3.8) is 0 Å². The Hall–Kier alpha value is -0.300. The van der Waals surface area contributed by atoms with Crippen LogP contribution in [0.25, 0.3) is 0 Å². The van der Waals surface area contributed by atoms with Crippen LogP contribution in [0, 0.1) is 11.3 Å². The summed E-state index contributed by atoms with van der Waals surface area (Å²) in [5.41, 5.74) is 2.07. The fourth-order valence-electron chi connectivity index (χ4n) is 2.17. The topological polar surface area (TPSA) is 12.0 Å². The third kappa shape index (κ3) is 3.64. The molecule has 1 aliphatic rings. The van der Waals surface area contributed by atoms with Crippen molar-refractivity contribution >= 4 is 0 Å². The van der Waals surface area contributed by atoms with Gasteiger partial charge in [-0.2, -0.15) is 0 Å². The van der Waals surface area contributed by atoms with Gasteiger partial charge >= 0.3 is 0 Å². The minimum absolute atomic E-state index is 0.425. The van der Waals surface area contributed by atoms with E-state index in [9.17, 15) is 0 Å². The van der Waals surface area contributed by atoms with Crippen LogP contribution >= 0.6 is 0 Å². The number of hydrogen-bond acceptors (Lipinski definition) is 1. The first-order chi connectivity index (χ1) is 6.95. The third-order valence-corrected chi connectivity index (χ3v) is 3.94. The maximum absolute atomic E-state index is 3.48. The average molecular weight is 209 g/mol. The molecule has 1 rings (SSSR count). The van der Waals surface area contributed by atoms with Crippen molar-refractivity contribution in [1.29, 1.82) is 0 Å². The van der Waals surface area contributed by atoms with Crippen molar-refractivity contribution < 1.29 is 0 Å². The van der Waals surface area contributed by atoms with Gasteiger partial charge in [0.05, 0.1) is 0 Å².